The Morgan fingerprint density at radius 3 is 2.62 bits per heavy atom. The summed E-state index contributed by atoms with van der Waals surface area (Å²) in [5, 5.41) is 0. The van der Waals surface area contributed by atoms with Gasteiger partial charge < -0.3 is 14.4 Å². The summed E-state index contributed by atoms with van der Waals surface area (Å²) in [4.78, 5) is 22.4. The van der Waals surface area contributed by atoms with Gasteiger partial charge in [-0.3, -0.25) is 4.79 Å². The number of piperidine rings is 1. The van der Waals surface area contributed by atoms with E-state index in [1.165, 1.54) is 11.1 Å². The lowest BCUT2D eigenvalue weighted by atomic mass is 9.79. The molecule has 1 fully saturated rings. The van der Waals surface area contributed by atoms with Gasteiger partial charge in [-0.05, 0) is 62.7 Å². The van der Waals surface area contributed by atoms with E-state index in [-0.39, 0.29) is 5.91 Å². The first-order valence-electron chi connectivity index (χ1n) is 11.3. The lowest BCUT2D eigenvalue weighted by Gasteiger charge is -2.37. The second kappa shape index (κ2) is 8.49. The van der Waals surface area contributed by atoms with Crippen molar-refractivity contribution in [2.45, 2.75) is 37.3 Å². The Morgan fingerprint density at radius 1 is 1.16 bits per heavy atom. The molecule has 2 aromatic carbocycles. The van der Waals surface area contributed by atoms with E-state index in [4.69, 9.17) is 0 Å². The number of hydrogen-bond donors (Lipinski definition) is 0. The molecule has 0 spiro atoms. The zero-order chi connectivity index (χ0) is 22.3. The van der Waals surface area contributed by atoms with Crippen LogP contribution in [-0.2, 0) is 10.3 Å². The number of benzene rings is 2. The summed E-state index contributed by atoms with van der Waals surface area (Å²) in [6.45, 7) is 2.10. The molecule has 1 unspecified atom stereocenters. The maximum atomic E-state index is 13.4. The fraction of sp³-hybridized carbons (Fsp3) is 0.385. The van der Waals surface area contributed by atoms with E-state index in [1.807, 2.05) is 18.1 Å². The monoisotopic (exact) mass is 492 g/mol. The molecule has 5 rings (SSSR count). The summed E-state index contributed by atoms with van der Waals surface area (Å²) in [5.74, 6) is 1.20. The number of likely N-dealkylation sites (tertiary alicyclic amines) is 1. The van der Waals surface area contributed by atoms with E-state index < -0.39 is 5.54 Å². The quantitative estimate of drug-likeness (QED) is 0.515. The minimum Gasteiger partial charge on any atom is -0.343 e. The van der Waals surface area contributed by atoms with Gasteiger partial charge in [-0.15, -0.1) is 0 Å². The van der Waals surface area contributed by atoms with E-state index in [9.17, 15) is 4.79 Å². The van der Waals surface area contributed by atoms with Crippen LogP contribution in [-0.4, -0.2) is 58.5 Å². The molecule has 32 heavy (non-hydrogen) atoms. The van der Waals surface area contributed by atoms with E-state index in [1.54, 1.807) is 0 Å². The number of halogens is 1. The van der Waals surface area contributed by atoms with Gasteiger partial charge >= 0.3 is 0 Å². The molecular formula is C26H29BrN4O. The van der Waals surface area contributed by atoms with Gasteiger partial charge in [0.15, 0.2) is 0 Å². The van der Waals surface area contributed by atoms with Crippen LogP contribution < -0.4 is 0 Å². The highest BCUT2D eigenvalue weighted by atomic mass is 79.9. The number of rotatable bonds is 5. The Labute approximate surface area is 198 Å². The molecule has 0 radical (unpaired) electrons. The SMILES string of the molecule is CN1CCC(N(C)C(=O)CCC2(c3ccc(Br)cc3)c3ccccc3-c3nccn32)CC1. The maximum absolute atomic E-state index is 13.4. The number of nitrogens with zero attached hydrogens (tertiary/aromatic N) is 4. The Kier molecular flexibility index (Phi) is 5.68. The first-order valence-corrected chi connectivity index (χ1v) is 12.1. The number of amides is 1. The van der Waals surface area contributed by atoms with Crippen molar-refractivity contribution >= 4 is 21.8 Å². The Balaban J connectivity index is 1.49. The van der Waals surface area contributed by atoms with Gasteiger partial charge in [-0.2, -0.15) is 0 Å². The van der Waals surface area contributed by atoms with Crippen molar-refractivity contribution in [1.29, 1.82) is 0 Å². The Hall–Kier alpha value is -2.44. The summed E-state index contributed by atoms with van der Waals surface area (Å²) in [7, 11) is 4.14. The number of hydrogen-bond acceptors (Lipinski definition) is 3. The molecule has 2 aliphatic rings. The predicted molar refractivity (Wildman–Crippen MR) is 131 cm³/mol. The van der Waals surface area contributed by atoms with Crippen molar-refractivity contribution in [3.05, 3.63) is 76.5 Å². The van der Waals surface area contributed by atoms with Crippen LogP contribution in [0.3, 0.4) is 0 Å². The topological polar surface area (TPSA) is 41.4 Å². The van der Waals surface area contributed by atoms with Crippen LogP contribution in [0.4, 0.5) is 0 Å². The van der Waals surface area contributed by atoms with Crippen molar-refractivity contribution in [3.63, 3.8) is 0 Å². The smallest absolute Gasteiger partial charge is 0.222 e. The molecule has 1 aromatic heterocycles. The zero-order valence-corrected chi connectivity index (χ0v) is 20.3. The highest BCUT2D eigenvalue weighted by Crippen LogP contribution is 2.49. The van der Waals surface area contributed by atoms with E-state index >= 15 is 0 Å². The molecule has 0 bridgehead atoms. The average Bonchev–Trinajstić information content (AvgIpc) is 3.39. The number of imidazole rings is 1. The molecule has 0 N–H and O–H groups in total. The third-order valence-electron chi connectivity index (χ3n) is 7.32. The zero-order valence-electron chi connectivity index (χ0n) is 18.7. The standard InChI is InChI=1S/C26H29BrN4O/c1-29-16-12-21(13-17-29)30(2)24(32)11-14-26(19-7-9-20(27)10-8-19)23-6-4-3-5-22(23)25-28-15-18-31(25)26/h3-10,15,18,21H,11-14,16-17H2,1-2H3. The van der Waals surface area contributed by atoms with Crippen LogP contribution in [0.25, 0.3) is 11.4 Å². The van der Waals surface area contributed by atoms with Gasteiger partial charge in [-0.25, -0.2) is 4.98 Å². The summed E-state index contributed by atoms with van der Waals surface area (Å²) in [6.07, 6.45) is 7.21. The van der Waals surface area contributed by atoms with Crippen LogP contribution >= 0.6 is 15.9 Å². The van der Waals surface area contributed by atoms with Gasteiger partial charge in [0.2, 0.25) is 5.91 Å². The van der Waals surface area contributed by atoms with Crippen molar-refractivity contribution < 1.29 is 4.79 Å². The minimum atomic E-state index is -0.438. The van der Waals surface area contributed by atoms with Gasteiger partial charge in [0.05, 0.1) is 5.54 Å². The molecule has 166 valence electrons. The van der Waals surface area contributed by atoms with E-state index in [0.29, 0.717) is 18.9 Å². The molecule has 1 amide bonds. The summed E-state index contributed by atoms with van der Waals surface area (Å²) in [5.41, 5.74) is 3.11. The average molecular weight is 493 g/mol. The first-order chi connectivity index (χ1) is 15.5. The molecule has 3 aromatic rings. The normalized spacial score (nSPS) is 20.7. The maximum Gasteiger partial charge on any atom is 0.222 e. The van der Waals surface area contributed by atoms with E-state index in [2.05, 4.69) is 92.2 Å². The molecule has 3 heterocycles. The van der Waals surface area contributed by atoms with E-state index in [0.717, 1.165) is 41.8 Å². The van der Waals surface area contributed by atoms with Gasteiger partial charge in [0.1, 0.15) is 5.82 Å². The fourth-order valence-corrected chi connectivity index (χ4v) is 5.71. The minimum absolute atomic E-state index is 0.224. The highest BCUT2D eigenvalue weighted by Gasteiger charge is 2.45. The number of carbonyl (C=O) groups is 1. The largest absolute Gasteiger partial charge is 0.343 e. The number of carbonyl (C=O) groups excluding carboxylic acids is 1. The van der Waals surface area contributed by atoms with Crippen molar-refractivity contribution in [2.75, 3.05) is 27.2 Å². The van der Waals surface area contributed by atoms with Crippen molar-refractivity contribution in [1.82, 2.24) is 19.4 Å². The third-order valence-corrected chi connectivity index (χ3v) is 7.85. The fourth-order valence-electron chi connectivity index (χ4n) is 5.45. The molecule has 6 heteroatoms. The highest BCUT2D eigenvalue weighted by molar-refractivity contribution is 9.10. The van der Waals surface area contributed by atoms with Crippen molar-refractivity contribution in [3.8, 4) is 11.4 Å². The molecule has 1 saturated heterocycles. The van der Waals surface area contributed by atoms with Crippen LogP contribution in [0, 0.1) is 0 Å². The third kappa shape index (κ3) is 3.50. The van der Waals surface area contributed by atoms with Crippen LogP contribution in [0.1, 0.15) is 36.8 Å². The molecule has 0 aliphatic carbocycles. The second-order valence-electron chi connectivity index (χ2n) is 9.07. The lowest BCUT2D eigenvalue weighted by molar-refractivity contribution is -0.133. The van der Waals surface area contributed by atoms with Crippen LogP contribution in [0.2, 0.25) is 0 Å². The molecule has 0 saturated carbocycles. The van der Waals surface area contributed by atoms with Crippen LogP contribution in [0.15, 0.2) is 65.4 Å². The number of aromatic nitrogens is 2. The first kappa shape index (κ1) is 21.4. The predicted octanol–water partition coefficient (Wildman–Crippen LogP) is 4.75. The van der Waals surface area contributed by atoms with Gasteiger partial charge in [-0.1, -0.05) is 52.3 Å². The second-order valence-corrected chi connectivity index (χ2v) is 9.99. The molecule has 1 atom stereocenters. The summed E-state index contributed by atoms with van der Waals surface area (Å²) in [6, 6.07) is 17.3. The van der Waals surface area contributed by atoms with Gasteiger partial charge in [0.25, 0.3) is 0 Å². The lowest BCUT2D eigenvalue weighted by Crippen LogP contribution is -2.45. The van der Waals surface area contributed by atoms with Crippen LogP contribution in [0.5, 0.6) is 0 Å². The molecule has 5 nitrogen and oxygen atoms in total. The van der Waals surface area contributed by atoms with Crippen molar-refractivity contribution in [2.24, 2.45) is 0 Å². The Morgan fingerprint density at radius 2 is 1.88 bits per heavy atom. The Bertz CT molecular complexity index is 1120. The molecule has 2 aliphatic heterocycles. The summed E-state index contributed by atoms with van der Waals surface area (Å²) >= 11 is 3.57. The molecular weight excluding hydrogens is 464 g/mol. The number of fused-ring (bicyclic) bond motifs is 3. The summed E-state index contributed by atoms with van der Waals surface area (Å²) < 4.78 is 3.32. The van der Waals surface area contributed by atoms with Gasteiger partial charge in [0, 0.05) is 41.9 Å².